The van der Waals surface area contributed by atoms with E-state index in [1.807, 2.05) is 52.0 Å². The van der Waals surface area contributed by atoms with Crippen LogP contribution in [0.25, 0.3) is 11.3 Å². The molecule has 2 amide bonds. The van der Waals surface area contributed by atoms with Gasteiger partial charge in [-0.05, 0) is 13.0 Å². The number of phenols is 1. The van der Waals surface area contributed by atoms with Crippen molar-refractivity contribution in [3.8, 4) is 17.0 Å². The number of aromatic hydroxyl groups is 1. The Kier molecular flexibility index (Phi) is 5.40. The van der Waals surface area contributed by atoms with E-state index in [4.69, 9.17) is 4.42 Å². The summed E-state index contributed by atoms with van der Waals surface area (Å²) in [5, 5.41) is 15.3. The van der Waals surface area contributed by atoms with Crippen LogP contribution in [-0.4, -0.2) is 16.1 Å². The van der Waals surface area contributed by atoms with Gasteiger partial charge < -0.3 is 14.8 Å². The molecule has 0 aliphatic heterocycles. The maximum absolute atomic E-state index is 12.4. The number of carbonyl (C=O) groups is 1. The van der Waals surface area contributed by atoms with Crippen molar-refractivity contribution in [2.45, 2.75) is 39.7 Å². The van der Waals surface area contributed by atoms with Crippen LogP contribution >= 0.6 is 0 Å². The minimum absolute atomic E-state index is 0.137. The number of amides is 2. The van der Waals surface area contributed by atoms with E-state index in [-0.39, 0.29) is 17.7 Å². The van der Waals surface area contributed by atoms with Gasteiger partial charge in [0.1, 0.15) is 11.4 Å². The summed E-state index contributed by atoms with van der Waals surface area (Å²) in [5.41, 5.74) is 2.91. The molecule has 0 fully saturated rings. The monoisotopic (exact) mass is 379 g/mol. The molecule has 3 rings (SSSR count). The molecular weight excluding hydrogens is 354 g/mol. The van der Waals surface area contributed by atoms with Crippen LogP contribution in [-0.2, 0) is 12.0 Å². The third kappa shape index (κ3) is 4.52. The van der Waals surface area contributed by atoms with Gasteiger partial charge >= 0.3 is 6.03 Å². The molecule has 6 heteroatoms. The summed E-state index contributed by atoms with van der Waals surface area (Å²) in [5.74, 6) is 0.973. The third-order valence-corrected chi connectivity index (χ3v) is 4.25. The summed E-state index contributed by atoms with van der Waals surface area (Å²) in [6, 6.07) is 14.3. The van der Waals surface area contributed by atoms with E-state index in [0.717, 1.165) is 11.1 Å². The highest BCUT2D eigenvalue weighted by Gasteiger charge is 2.25. The van der Waals surface area contributed by atoms with Gasteiger partial charge in [-0.15, -0.1) is 0 Å². The standard InChI is InChI=1S/C22H25N3O3/c1-14-9-11-15(12-10-14)18-19(28-20(24-18)22(2,3)4)25-21(27)23-13-16-7-5-6-8-17(16)26/h5-12,26H,13H2,1-4H3,(H2,23,25,27). The van der Waals surface area contributed by atoms with E-state index in [9.17, 15) is 9.90 Å². The fraction of sp³-hybridized carbons (Fsp3) is 0.273. The molecule has 6 nitrogen and oxygen atoms in total. The van der Waals surface area contributed by atoms with E-state index >= 15 is 0 Å². The van der Waals surface area contributed by atoms with E-state index in [0.29, 0.717) is 23.0 Å². The summed E-state index contributed by atoms with van der Waals surface area (Å²) < 4.78 is 5.88. The van der Waals surface area contributed by atoms with Crippen LogP contribution in [0.1, 0.15) is 37.8 Å². The molecule has 146 valence electrons. The predicted molar refractivity (Wildman–Crippen MR) is 109 cm³/mol. The van der Waals surface area contributed by atoms with Crippen LogP contribution in [0.3, 0.4) is 0 Å². The molecule has 3 aromatic rings. The van der Waals surface area contributed by atoms with Gasteiger partial charge in [0.2, 0.25) is 11.8 Å². The number of anilines is 1. The van der Waals surface area contributed by atoms with Crippen LogP contribution in [0.5, 0.6) is 5.75 Å². The van der Waals surface area contributed by atoms with Crippen LogP contribution in [0.15, 0.2) is 52.9 Å². The second-order valence-corrected chi connectivity index (χ2v) is 7.75. The summed E-state index contributed by atoms with van der Waals surface area (Å²) in [7, 11) is 0. The van der Waals surface area contributed by atoms with Crippen molar-refractivity contribution >= 4 is 11.9 Å². The molecular formula is C22H25N3O3. The average Bonchev–Trinajstić information content (AvgIpc) is 3.06. The Hall–Kier alpha value is -3.28. The van der Waals surface area contributed by atoms with Gasteiger partial charge in [-0.3, -0.25) is 5.32 Å². The van der Waals surface area contributed by atoms with Gasteiger partial charge in [0.15, 0.2) is 0 Å². The second-order valence-electron chi connectivity index (χ2n) is 7.75. The smallest absolute Gasteiger partial charge is 0.321 e. The fourth-order valence-electron chi connectivity index (χ4n) is 2.62. The highest BCUT2D eigenvalue weighted by Crippen LogP contribution is 2.33. The van der Waals surface area contributed by atoms with Crippen molar-refractivity contribution in [2.75, 3.05) is 5.32 Å². The molecule has 0 saturated heterocycles. The topological polar surface area (TPSA) is 87.4 Å². The first kappa shape index (κ1) is 19.5. The number of oxazole rings is 1. The molecule has 1 aromatic heterocycles. The summed E-state index contributed by atoms with van der Waals surface area (Å²) in [6.45, 7) is 8.21. The first-order chi connectivity index (χ1) is 13.2. The van der Waals surface area contributed by atoms with Crippen molar-refractivity contribution in [3.63, 3.8) is 0 Å². The number of aromatic nitrogens is 1. The Balaban J connectivity index is 1.81. The zero-order valence-corrected chi connectivity index (χ0v) is 16.5. The van der Waals surface area contributed by atoms with Gasteiger partial charge in [-0.25, -0.2) is 9.78 Å². The molecule has 0 atom stereocenters. The number of carbonyl (C=O) groups excluding carboxylic acids is 1. The molecule has 3 N–H and O–H groups in total. The molecule has 0 bridgehead atoms. The Morgan fingerprint density at radius 1 is 1.11 bits per heavy atom. The third-order valence-electron chi connectivity index (χ3n) is 4.25. The molecule has 0 aliphatic carbocycles. The van der Waals surface area contributed by atoms with Gasteiger partial charge in [-0.2, -0.15) is 0 Å². The average molecular weight is 379 g/mol. The van der Waals surface area contributed by atoms with Gasteiger partial charge in [-0.1, -0.05) is 68.8 Å². The van der Waals surface area contributed by atoms with Gasteiger partial charge in [0.05, 0.1) is 0 Å². The van der Waals surface area contributed by atoms with E-state index in [2.05, 4.69) is 15.6 Å². The normalized spacial score (nSPS) is 11.3. The number of phenolic OH excluding ortho intramolecular Hbond substituents is 1. The van der Waals surface area contributed by atoms with Crippen LogP contribution in [0.4, 0.5) is 10.7 Å². The van der Waals surface area contributed by atoms with Crippen LogP contribution < -0.4 is 10.6 Å². The second kappa shape index (κ2) is 7.76. The Morgan fingerprint density at radius 2 is 1.79 bits per heavy atom. The lowest BCUT2D eigenvalue weighted by atomic mass is 9.97. The molecule has 0 radical (unpaired) electrons. The number of nitrogens with one attached hydrogen (secondary N) is 2. The molecule has 2 aromatic carbocycles. The maximum atomic E-state index is 12.4. The fourth-order valence-corrected chi connectivity index (χ4v) is 2.62. The highest BCUT2D eigenvalue weighted by molar-refractivity contribution is 5.91. The number of benzene rings is 2. The number of hydrogen-bond donors (Lipinski definition) is 3. The summed E-state index contributed by atoms with van der Waals surface area (Å²) in [6.07, 6.45) is 0. The minimum atomic E-state index is -0.437. The van der Waals surface area contributed by atoms with E-state index in [1.165, 1.54) is 0 Å². The molecule has 1 heterocycles. The zero-order valence-electron chi connectivity index (χ0n) is 16.5. The predicted octanol–water partition coefficient (Wildman–Crippen LogP) is 4.97. The molecule has 28 heavy (non-hydrogen) atoms. The lowest BCUT2D eigenvalue weighted by molar-refractivity contribution is 0.251. The lowest BCUT2D eigenvalue weighted by Crippen LogP contribution is -2.28. The number of para-hydroxylation sites is 1. The first-order valence-electron chi connectivity index (χ1n) is 9.14. The molecule has 0 unspecified atom stereocenters. The summed E-state index contributed by atoms with van der Waals surface area (Å²) in [4.78, 5) is 17.0. The largest absolute Gasteiger partial charge is 0.508 e. The van der Waals surface area contributed by atoms with Crippen molar-refractivity contribution in [1.82, 2.24) is 10.3 Å². The number of urea groups is 1. The molecule has 0 spiro atoms. The van der Waals surface area contributed by atoms with E-state index < -0.39 is 6.03 Å². The van der Waals surface area contributed by atoms with Crippen LogP contribution in [0.2, 0.25) is 0 Å². The van der Waals surface area contributed by atoms with Crippen molar-refractivity contribution in [3.05, 3.63) is 65.5 Å². The zero-order chi connectivity index (χ0) is 20.3. The minimum Gasteiger partial charge on any atom is -0.508 e. The van der Waals surface area contributed by atoms with Crippen molar-refractivity contribution in [1.29, 1.82) is 0 Å². The summed E-state index contributed by atoms with van der Waals surface area (Å²) >= 11 is 0. The molecule has 0 saturated carbocycles. The number of nitrogens with zero attached hydrogens (tertiary/aromatic N) is 1. The van der Waals surface area contributed by atoms with Crippen molar-refractivity contribution < 1.29 is 14.3 Å². The van der Waals surface area contributed by atoms with Crippen molar-refractivity contribution in [2.24, 2.45) is 0 Å². The Morgan fingerprint density at radius 3 is 2.43 bits per heavy atom. The first-order valence-corrected chi connectivity index (χ1v) is 9.14. The SMILES string of the molecule is Cc1ccc(-c2nc(C(C)(C)C)oc2NC(=O)NCc2ccccc2O)cc1. The maximum Gasteiger partial charge on any atom is 0.321 e. The molecule has 0 aliphatic rings. The quantitative estimate of drug-likeness (QED) is 0.597. The highest BCUT2D eigenvalue weighted by atomic mass is 16.4. The Bertz CT molecular complexity index is 969. The van der Waals surface area contributed by atoms with Crippen LogP contribution in [0, 0.1) is 6.92 Å². The Labute approximate surface area is 164 Å². The van der Waals surface area contributed by atoms with E-state index in [1.54, 1.807) is 24.3 Å². The lowest BCUT2D eigenvalue weighted by Gasteiger charge is -2.12. The number of rotatable bonds is 4. The number of hydrogen-bond acceptors (Lipinski definition) is 4. The number of aryl methyl sites for hydroxylation is 1. The van der Waals surface area contributed by atoms with Gasteiger partial charge in [0, 0.05) is 23.1 Å². The van der Waals surface area contributed by atoms with Gasteiger partial charge in [0.25, 0.3) is 0 Å².